The second-order valence-corrected chi connectivity index (χ2v) is 7.86. The molecule has 1 N–H and O–H groups in total. The van der Waals surface area contributed by atoms with Gasteiger partial charge in [0.2, 0.25) is 0 Å². The summed E-state index contributed by atoms with van der Waals surface area (Å²) in [5.74, 6) is 0. The van der Waals surface area contributed by atoms with E-state index in [0.29, 0.717) is 13.1 Å². The highest BCUT2D eigenvalue weighted by molar-refractivity contribution is 7.09. The number of rotatable bonds is 10. The third-order valence-electron chi connectivity index (χ3n) is 4.78. The van der Waals surface area contributed by atoms with E-state index in [2.05, 4.69) is 34.6 Å². The number of amides is 1. The molecule has 0 saturated heterocycles. The average Bonchev–Trinajstić information content (AvgIpc) is 3.29. The maximum Gasteiger partial charge on any atom is 0.410 e. The van der Waals surface area contributed by atoms with Crippen molar-refractivity contribution >= 4 is 17.4 Å². The van der Waals surface area contributed by atoms with Gasteiger partial charge in [0.05, 0.1) is 10.4 Å². The first-order chi connectivity index (χ1) is 14.2. The number of aromatic nitrogens is 1. The molecule has 6 heteroatoms. The van der Waals surface area contributed by atoms with Crippen molar-refractivity contribution in [3.63, 3.8) is 0 Å². The minimum atomic E-state index is -0.295. The second-order valence-electron chi connectivity index (χ2n) is 6.89. The topological polar surface area (TPSA) is 54.5 Å². The Bertz CT molecular complexity index is 841. The molecule has 3 rings (SSSR count). The molecule has 2 aromatic carbocycles. The molecule has 152 valence electrons. The SMILES string of the molecule is CN[C@H](CCN(Cc1ccccc1)C(=O)OCc1cncs1)Cc1ccccc1. The number of ether oxygens (including phenoxy) is 1. The lowest BCUT2D eigenvalue weighted by Crippen LogP contribution is -2.37. The lowest BCUT2D eigenvalue weighted by molar-refractivity contribution is 0.0929. The minimum absolute atomic E-state index is 0.258. The van der Waals surface area contributed by atoms with Crippen LogP contribution in [0.25, 0.3) is 0 Å². The van der Waals surface area contributed by atoms with Gasteiger partial charge in [0, 0.05) is 25.3 Å². The van der Waals surface area contributed by atoms with E-state index in [9.17, 15) is 4.79 Å². The summed E-state index contributed by atoms with van der Waals surface area (Å²) in [6.45, 7) is 1.41. The van der Waals surface area contributed by atoms with Crippen LogP contribution in [0.4, 0.5) is 4.79 Å². The molecule has 29 heavy (non-hydrogen) atoms. The van der Waals surface area contributed by atoms with Gasteiger partial charge >= 0.3 is 6.09 Å². The van der Waals surface area contributed by atoms with Crippen molar-refractivity contribution in [3.05, 3.63) is 88.4 Å². The van der Waals surface area contributed by atoms with Crippen LogP contribution in [0.1, 0.15) is 22.4 Å². The van der Waals surface area contributed by atoms with E-state index in [1.165, 1.54) is 16.9 Å². The summed E-state index contributed by atoms with van der Waals surface area (Å²) in [6.07, 6.45) is 3.20. The zero-order valence-electron chi connectivity index (χ0n) is 16.7. The number of thiazole rings is 1. The van der Waals surface area contributed by atoms with E-state index in [0.717, 1.165) is 23.3 Å². The molecular weight excluding hydrogens is 382 g/mol. The summed E-state index contributed by atoms with van der Waals surface area (Å²) in [4.78, 5) is 19.5. The molecule has 0 aliphatic heterocycles. The smallest absolute Gasteiger partial charge is 0.410 e. The van der Waals surface area contributed by atoms with Gasteiger partial charge in [0.1, 0.15) is 6.61 Å². The van der Waals surface area contributed by atoms with Gasteiger partial charge in [-0.05, 0) is 31.0 Å². The summed E-state index contributed by atoms with van der Waals surface area (Å²) >= 11 is 1.49. The highest BCUT2D eigenvalue weighted by Crippen LogP contribution is 2.13. The number of nitrogens with zero attached hydrogens (tertiary/aromatic N) is 2. The molecular formula is C23H27N3O2S. The third-order valence-corrected chi connectivity index (χ3v) is 5.53. The highest BCUT2D eigenvalue weighted by atomic mass is 32.1. The van der Waals surface area contributed by atoms with E-state index in [4.69, 9.17) is 4.74 Å². The van der Waals surface area contributed by atoms with Gasteiger partial charge in [-0.25, -0.2) is 4.79 Å². The van der Waals surface area contributed by atoms with Crippen LogP contribution < -0.4 is 5.32 Å². The summed E-state index contributed by atoms with van der Waals surface area (Å²) in [7, 11) is 1.97. The van der Waals surface area contributed by atoms with Gasteiger partial charge in [-0.3, -0.25) is 4.98 Å². The lowest BCUT2D eigenvalue weighted by Gasteiger charge is -2.25. The van der Waals surface area contributed by atoms with Crippen LogP contribution in [-0.4, -0.2) is 35.6 Å². The maximum atomic E-state index is 12.8. The van der Waals surface area contributed by atoms with Crippen molar-refractivity contribution in [1.82, 2.24) is 15.2 Å². The third kappa shape index (κ3) is 7.00. The van der Waals surface area contributed by atoms with E-state index in [1.807, 2.05) is 43.4 Å². The van der Waals surface area contributed by atoms with Gasteiger partial charge in [-0.2, -0.15) is 0 Å². The molecule has 1 atom stereocenters. The first-order valence-corrected chi connectivity index (χ1v) is 10.7. The zero-order valence-corrected chi connectivity index (χ0v) is 17.5. The predicted molar refractivity (Wildman–Crippen MR) is 117 cm³/mol. The second kappa shape index (κ2) is 11.3. The van der Waals surface area contributed by atoms with Crippen molar-refractivity contribution in [2.24, 2.45) is 0 Å². The molecule has 1 amide bonds. The van der Waals surface area contributed by atoms with E-state index < -0.39 is 0 Å². The molecule has 1 aromatic heterocycles. The number of benzene rings is 2. The molecule has 0 radical (unpaired) electrons. The largest absolute Gasteiger partial charge is 0.444 e. The van der Waals surface area contributed by atoms with Crippen LogP contribution in [0.3, 0.4) is 0 Å². The highest BCUT2D eigenvalue weighted by Gasteiger charge is 2.18. The number of carbonyl (C=O) groups excluding carboxylic acids is 1. The summed E-state index contributed by atoms with van der Waals surface area (Å²) in [5.41, 5.74) is 4.12. The van der Waals surface area contributed by atoms with Crippen molar-refractivity contribution in [2.45, 2.75) is 32.0 Å². The molecule has 0 aliphatic carbocycles. The molecule has 5 nitrogen and oxygen atoms in total. The Kier molecular flexibility index (Phi) is 8.22. The first-order valence-electron chi connectivity index (χ1n) is 9.79. The molecule has 0 bridgehead atoms. The molecule has 0 unspecified atom stereocenters. The Morgan fingerprint density at radius 2 is 1.79 bits per heavy atom. The average molecular weight is 410 g/mol. The number of carbonyl (C=O) groups is 1. The van der Waals surface area contributed by atoms with Gasteiger partial charge in [0.15, 0.2) is 0 Å². The minimum Gasteiger partial charge on any atom is -0.444 e. The Hall–Kier alpha value is -2.70. The normalized spacial score (nSPS) is 11.8. The molecule has 0 aliphatic rings. The first kappa shape index (κ1) is 21.0. The van der Waals surface area contributed by atoms with Gasteiger partial charge < -0.3 is 15.0 Å². The Morgan fingerprint density at radius 1 is 1.10 bits per heavy atom. The molecule has 0 fully saturated rings. The quantitative estimate of drug-likeness (QED) is 0.536. The molecule has 1 heterocycles. The Labute approximate surface area is 176 Å². The number of likely N-dealkylation sites (N-methyl/N-ethyl adjacent to an activating group) is 1. The van der Waals surface area contributed by atoms with Crippen molar-refractivity contribution in [1.29, 1.82) is 0 Å². The standard InChI is InChI=1S/C23H27N3O2S/c1-24-21(14-19-8-4-2-5-9-19)12-13-26(16-20-10-6-3-7-11-20)23(27)28-17-22-15-25-18-29-22/h2-11,15,18,21,24H,12-14,16-17H2,1H3/t21-/m1/s1. The summed E-state index contributed by atoms with van der Waals surface area (Å²) in [5, 5.41) is 3.38. The van der Waals surface area contributed by atoms with Gasteiger partial charge in [-0.15, -0.1) is 11.3 Å². The van der Waals surface area contributed by atoms with E-state index in [-0.39, 0.29) is 18.7 Å². The van der Waals surface area contributed by atoms with Crippen molar-refractivity contribution in [2.75, 3.05) is 13.6 Å². The van der Waals surface area contributed by atoms with Crippen LogP contribution in [0.15, 0.2) is 72.4 Å². The Morgan fingerprint density at radius 3 is 2.41 bits per heavy atom. The fraction of sp³-hybridized carbons (Fsp3) is 0.304. The van der Waals surface area contributed by atoms with Gasteiger partial charge in [-0.1, -0.05) is 60.7 Å². The van der Waals surface area contributed by atoms with Crippen LogP contribution >= 0.6 is 11.3 Å². The fourth-order valence-electron chi connectivity index (χ4n) is 3.14. The molecule has 0 spiro atoms. The predicted octanol–water partition coefficient (Wildman–Crippen LogP) is 4.50. The van der Waals surface area contributed by atoms with E-state index in [1.54, 1.807) is 16.6 Å². The zero-order chi connectivity index (χ0) is 20.3. The van der Waals surface area contributed by atoms with Crippen molar-refractivity contribution in [3.8, 4) is 0 Å². The van der Waals surface area contributed by atoms with Crippen LogP contribution in [-0.2, 0) is 24.3 Å². The number of hydrogen-bond donors (Lipinski definition) is 1. The van der Waals surface area contributed by atoms with E-state index >= 15 is 0 Å². The number of hydrogen-bond acceptors (Lipinski definition) is 5. The Balaban J connectivity index is 1.60. The summed E-state index contributed by atoms with van der Waals surface area (Å²) in [6, 6.07) is 20.7. The fourth-order valence-corrected chi connectivity index (χ4v) is 3.64. The van der Waals surface area contributed by atoms with Crippen LogP contribution in [0, 0.1) is 0 Å². The number of nitrogens with one attached hydrogen (secondary N) is 1. The monoisotopic (exact) mass is 409 g/mol. The lowest BCUT2D eigenvalue weighted by atomic mass is 10.0. The van der Waals surface area contributed by atoms with Gasteiger partial charge in [0.25, 0.3) is 0 Å². The van der Waals surface area contributed by atoms with Crippen molar-refractivity contribution < 1.29 is 9.53 Å². The molecule has 3 aromatic rings. The molecule has 0 saturated carbocycles. The van der Waals surface area contributed by atoms with Crippen LogP contribution in [0.5, 0.6) is 0 Å². The maximum absolute atomic E-state index is 12.8. The summed E-state index contributed by atoms with van der Waals surface area (Å²) < 4.78 is 5.54. The van der Waals surface area contributed by atoms with Crippen LogP contribution in [0.2, 0.25) is 0 Å².